The molecule has 0 aliphatic heterocycles. The SMILES string of the molecule is Cc1nc(F)c2c(Br)ccc(F)c2n1. The molecule has 2 aromatic rings. The van der Waals surface area contributed by atoms with Crippen molar-refractivity contribution in [3.8, 4) is 0 Å². The second kappa shape index (κ2) is 3.24. The summed E-state index contributed by atoms with van der Waals surface area (Å²) in [6.45, 7) is 1.52. The Morgan fingerprint density at radius 2 is 1.93 bits per heavy atom. The fourth-order valence-corrected chi connectivity index (χ4v) is 1.71. The van der Waals surface area contributed by atoms with Gasteiger partial charge in [-0.15, -0.1) is 0 Å². The first-order valence-electron chi connectivity index (χ1n) is 3.87. The molecule has 0 radical (unpaired) electrons. The van der Waals surface area contributed by atoms with Crippen LogP contribution in [0.25, 0.3) is 10.9 Å². The lowest BCUT2D eigenvalue weighted by Gasteiger charge is -2.02. The normalized spacial score (nSPS) is 10.9. The molecule has 0 aliphatic rings. The molecule has 0 saturated carbocycles. The quantitative estimate of drug-likeness (QED) is 0.679. The standard InChI is InChI=1S/C9H5BrF2N2/c1-4-13-8-6(11)3-2-5(10)7(8)9(12)14-4/h2-3H,1H3. The van der Waals surface area contributed by atoms with Crippen molar-refractivity contribution in [3.63, 3.8) is 0 Å². The molecule has 0 amide bonds. The second-order valence-corrected chi connectivity index (χ2v) is 3.67. The lowest BCUT2D eigenvalue weighted by atomic mass is 10.2. The van der Waals surface area contributed by atoms with E-state index in [0.717, 1.165) is 0 Å². The number of aryl methyl sites for hydroxylation is 1. The van der Waals surface area contributed by atoms with E-state index in [-0.39, 0.29) is 16.7 Å². The largest absolute Gasteiger partial charge is 0.230 e. The molecule has 1 heterocycles. The van der Waals surface area contributed by atoms with Crippen molar-refractivity contribution in [2.75, 3.05) is 0 Å². The Hall–Kier alpha value is -1.10. The van der Waals surface area contributed by atoms with E-state index in [1.807, 2.05) is 0 Å². The highest BCUT2D eigenvalue weighted by atomic mass is 79.9. The van der Waals surface area contributed by atoms with Crippen LogP contribution in [0, 0.1) is 18.7 Å². The van der Waals surface area contributed by atoms with E-state index >= 15 is 0 Å². The summed E-state index contributed by atoms with van der Waals surface area (Å²) in [6.07, 6.45) is 0. The van der Waals surface area contributed by atoms with E-state index in [1.54, 1.807) is 0 Å². The molecule has 2 rings (SSSR count). The average Bonchev–Trinajstić information content (AvgIpc) is 2.10. The minimum atomic E-state index is -0.709. The maximum absolute atomic E-state index is 13.3. The van der Waals surface area contributed by atoms with Gasteiger partial charge in [0.1, 0.15) is 17.2 Å². The lowest BCUT2D eigenvalue weighted by molar-refractivity contribution is 0.583. The van der Waals surface area contributed by atoms with Gasteiger partial charge in [0.25, 0.3) is 0 Å². The maximum Gasteiger partial charge on any atom is 0.225 e. The van der Waals surface area contributed by atoms with E-state index in [2.05, 4.69) is 25.9 Å². The van der Waals surface area contributed by atoms with Gasteiger partial charge in [-0.05, 0) is 35.0 Å². The first kappa shape index (κ1) is 9.45. The molecule has 2 nitrogen and oxygen atoms in total. The summed E-state index contributed by atoms with van der Waals surface area (Å²) in [4.78, 5) is 7.37. The van der Waals surface area contributed by atoms with E-state index in [0.29, 0.717) is 4.47 Å². The topological polar surface area (TPSA) is 25.8 Å². The van der Waals surface area contributed by atoms with Crippen LogP contribution in [0.15, 0.2) is 16.6 Å². The van der Waals surface area contributed by atoms with Gasteiger partial charge in [0.2, 0.25) is 5.95 Å². The number of hydrogen-bond acceptors (Lipinski definition) is 2. The number of nitrogens with zero attached hydrogens (tertiary/aromatic N) is 2. The van der Waals surface area contributed by atoms with Crippen molar-refractivity contribution in [1.29, 1.82) is 0 Å². The summed E-state index contributed by atoms with van der Waals surface area (Å²) in [5.74, 6) is -1.04. The smallest absolute Gasteiger partial charge is 0.225 e. The Balaban J connectivity index is 3.00. The van der Waals surface area contributed by atoms with Gasteiger partial charge in [-0.2, -0.15) is 4.39 Å². The van der Waals surface area contributed by atoms with Gasteiger partial charge in [0.15, 0.2) is 0 Å². The zero-order chi connectivity index (χ0) is 10.3. The summed E-state index contributed by atoms with van der Waals surface area (Å²) >= 11 is 3.12. The van der Waals surface area contributed by atoms with Crippen molar-refractivity contribution in [2.45, 2.75) is 6.92 Å². The maximum atomic E-state index is 13.3. The number of halogens is 3. The summed E-state index contributed by atoms with van der Waals surface area (Å²) in [5.41, 5.74) is 0.00405. The van der Waals surface area contributed by atoms with Gasteiger partial charge in [0, 0.05) is 4.47 Å². The van der Waals surface area contributed by atoms with Crippen LogP contribution >= 0.6 is 15.9 Å². The zero-order valence-corrected chi connectivity index (χ0v) is 8.77. The molecule has 0 N–H and O–H groups in total. The molecule has 0 atom stereocenters. The highest BCUT2D eigenvalue weighted by Gasteiger charge is 2.12. The molecule has 0 aliphatic carbocycles. The van der Waals surface area contributed by atoms with Crippen LogP contribution in [-0.4, -0.2) is 9.97 Å². The number of fused-ring (bicyclic) bond motifs is 1. The molecule has 0 fully saturated rings. The number of aromatic nitrogens is 2. The van der Waals surface area contributed by atoms with Crippen LogP contribution in [0.3, 0.4) is 0 Å². The van der Waals surface area contributed by atoms with E-state index < -0.39 is 11.8 Å². The first-order valence-corrected chi connectivity index (χ1v) is 4.67. The Morgan fingerprint density at radius 1 is 1.21 bits per heavy atom. The van der Waals surface area contributed by atoms with Crippen molar-refractivity contribution < 1.29 is 8.78 Å². The zero-order valence-electron chi connectivity index (χ0n) is 7.18. The molecule has 5 heteroatoms. The molecule has 0 bridgehead atoms. The van der Waals surface area contributed by atoms with Gasteiger partial charge in [-0.25, -0.2) is 14.4 Å². The number of rotatable bonds is 0. The Labute approximate surface area is 87.1 Å². The van der Waals surface area contributed by atoms with Crippen LogP contribution in [0.5, 0.6) is 0 Å². The minimum absolute atomic E-state index is 0.00405. The van der Waals surface area contributed by atoms with Crippen LogP contribution in [0.4, 0.5) is 8.78 Å². The molecular weight excluding hydrogens is 254 g/mol. The Bertz CT molecular complexity index is 514. The Morgan fingerprint density at radius 3 is 2.64 bits per heavy atom. The molecule has 1 aromatic carbocycles. The van der Waals surface area contributed by atoms with Crippen molar-refractivity contribution in [3.05, 3.63) is 34.2 Å². The highest BCUT2D eigenvalue weighted by molar-refractivity contribution is 9.10. The van der Waals surface area contributed by atoms with Crippen LogP contribution in [-0.2, 0) is 0 Å². The van der Waals surface area contributed by atoms with Gasteiger partial charge >= 0.3 is 0 Å². The van der Waals surface area contributed by atoms with Gasteiger partial charge in [-0.3, -0.25) is 0 Å². The predicted molar refractivity (Wildman–Crippen MR) is 51.9 cm³/mol. The third-order valence-corrected chi connectivity index (χ3v) is 2.48. The first-order chi connectivity index (χ1) is 6.59. The van der Waals surface area contributed by atoms with Crippen LogP contribution < -0.4 is 0 Å². The molecule has 0 saturated heterocycles. The molecule has 0 spiro atoms. The van der Waals surface area contributed by atoms with Gasteiger partial charge in [-0.1, -0.05) is 0 Å². The lowest BCUT2D eigenvalue weighted by Crippen LogP contribution is -1.96. The monoisotopic (exact) mass is 258 g/mol. The molecular formula is C9H5BrF2N2. The average molecular weight is 259 g/mol. The van der Waals surface area contributed by atoms with Crippen LogP contribution in [0.2, 0.25) is 0 Å². The van der Waals surface area contributed by atoms with E-state index in [9.17, 15) is 8.78 Å². The Kier molecular flexibility index (Phi) is 2.19. The number of benzene rings is 1. The van der Waals surface area contributed by atoms with E-state index in [4.69, 9.17) is 0 Å². The second-order valence-electron chi connectivity index (χ2n) is 2.81. The molecule has 72 valence electrons. The third kappa shape index (κ3) is 1.37. The highest BCUT2D eigenvalue weighted by Crippen LogP contribution is 2.26. The predicted octanol–water partition coefficient (Wildman–Crippen LogP) is 2.98. The molecule has 14 heavy (non-hydrogen) atoms. The fraction of sp³-hybridized carbons (Fsp3) is 0.111. The summed E-state index contributed by atoms with van der Waals surface area (Å²) in [6, 6.07) is 2.66. The van der Waals surface area contributed by atoms with Crippen molar-refractivity contribution in [2.24, 2.45) is 0 Å². The molecule has 1 aromatic heterocycles. The van der Waals surface area contributed by atoms with Crippen molar-refractivity contribution >= 4 is 26.8 Å². The minimum Gasteiger partial charge on any atom is -0.230 e. The summed E-state index contributed by atoms with van der Waals surface area (Å²) in [5, 5.41) is 0.0793. The van der Waals surface area contributed by atoms with Crippen LogP contribution in [0.1, 0.15) is 5.82 Å². The fourth-order valence-electron chi connectivity index (χ4n) is 1.23. The van der Waals surface area contributed by atoms with Gasteiger partial charge < -0.3 is 0 Å². The number of hydrogen-bond donors (Lipinski definition) is 0. The summed E-state index contributed by atoms with van der Waals surface area (Å²) < 4.78 is 27.0. The van der Waals surface area contributed by atoms with Gasteiger partial charge in [0.05, 0.1) is 5.39 Å². The van der Waals surface area contributed by atoms with E-state index in [1.165, 1.54) is 19.1 Å². The summed E-state index contributed by atoms with van der Waals surface area (Å²) in [7, 11) is 0. The third-order valence-electron chi connectivity index (χ3n) is 1.82. The van der Waals surface area contributed by atoms with Crippen molar-refractivity contribution in [1.82, 2.24) is 9.97 Å². The molecule has 0 unspecified atom stereocenters.